The Morgan fingerprint density at radius 2 is 2.05 bits per heavy atom. The van der Waals surface area contributed by atoms with Gasteiger partial charge in [0.05, 0.1) is 0 Å². The van der Waals surface area contributed by atoms with Crippen molar-refractivity contribution in [3.63, 3.8) is 0 Å². The van der Waals surface area contributed by atoms with Gasteiger partial charge in [0.2, 0.25) is 5.91 Å². The second-order valence-corrected chi connectivity index (χ2v) is 5.38. The fourth-order valence-electron chi connectivity index (χ4n) is 2.49. The summed E-state index contributed by atoms with van der Waals surface area (Å²) in [5.74, 6) is 0.242. The monoisotopic (exact) mass is 272 g/mol. The molecule has 0 radical (unpaired) electrons. The first kappa shape index (κ1) is 14.6. The summed E-state index contributed by atoms with van der Waals surface area (Å²) in [5.41, 5.74) is 2.38. The van der Waals surface area contributed by atoms with Crippen molar-refractivity contribution in [1.29, 1.82) is 0 Å². The number of para-hydroxylation sites is 1. The molecule has 0 unspecified atom stereocenters. The molecule has 0 fully saturated rings. The molecule has 3 heteroatoms. The standard InChI is InChI=1S/C17H24N2O/c1-3-4-7-12-19(2)17(20)11-10-14-13-18-16-9-6-5-8-15(14)16/h5-6,8-9,13,18H,3-4,7,10-12H2,1-2H3. The maximum Gasteiger partial charge on any atom is 0.222 e. The first-order valence-corrected chi connectivity index (χ1v) is 7.51. The Morgan fingerprint density at radius 3 is 2.85 bits per heavy atom. The molecule has 0 aliphatic carbocycles. The minimum atomic E-state index is 0.242. The topological polar surface area (TPSA) is 36.1 Å². The van der Waals surface area contributed by atoms with Crippen LogP contribution in [0.5, 0.6) is 0 Å². The number of fused-ring (bicyclic) bond motifs is 1. The van der Waals surface area contributed by atoms with Gasteiger partial charge in [-0.3, -0.25) is 4.79 Å². The van der Waals surface area contributed by atoms with E-state index in [1.54, 1.807) is 0 Å². The highest BCUT2D eigenvalue weighted by Crippen LogP contribution is 2.19. The number of aryl methyl sites for hydroxylation is 1. The molecule has 108 valence electrons. The third-order valence-corrected chi connectivity index (χ3v) is 3.81. The molecule has 0 aliphatic heterocycles. The van der Waals surface area contributed by atoms with Crippen molar-refractivity contribution in [1.82, 2.24) is 9.88 Å². The molecule has 1 aromatic heterocycles. The summed E-state index contributed by atoms with van der Waals surface area (Å²) in [4.78, 5) is 17.2. The molecule has 0 aliphatic rings. The van der Waals surface area contributed by atoms with Gasteiger partial charge in [0.25, 0.3) is 0 Å². The van der Waals surface area contributed by atoms with Gasteiger partial charge < -0.3 is 9.88 Å². The SMILES string of the molecule is CCCCCN(C)C(=O)CCc1c[nH]c2ccccc12. The van der Waals surface area contributed by atoms with Gasteiger partial charge in [-0.2, -0.15) is 0 Å². The number of carbonyl (C=O) groups is 1. The number of aromatic amines is 1. The summed E-state index contributed by atoms with van der Waals surface area (Å²) in [7, 11) is 1.91. The number of unbranched alkanes of at least 4 members (excludes halogenated alkanes) is 2. The van der Waals surface area contributed by atoms with Crippen molar-refractivity contribution in [2.24, 2.45) is 0 Å². The Hall–Kier alpha value is -1.77. The number of nitrogens with zero attached hydrogens (tertiary/aromatic N) is 1. The molecule has 2 aromatic rings. The number of benzene rings is 1. The molecule has 1 aromatic carbocycles. The number of hydrogen-bond donors (Lipinski definition) is 1. The van der Waals surface area contributed by atoms with Crippen LogP contribution in [0, 0.1) is 0 Å². The van der Waals surface area contributed by atoms with Crippen molar-refractivity contribution in [3.05, 3.63) is 36.0 Å². The lowest BCUT2D eigenvalue weighted by Gasteiger charge is -2.16. The smallest absolute Gasteiger partial charge is 0.222 e. The van der Waals surface area contributed by atoms with Crippen LogP contribution in [-0.4, -0.2) is 29.4 Å². The predicted molar refractivity (Wildman–Crippen MR) is 83.8 cm³/mol. The normalized spacial score (nSPS) is 10.9. The zero-order valence-electron chi connectivity index (χ0n) is 12.5. The van der Waals surface area contributed by atoms with Crippen molar-refractivity contribution >= 4 is 16.8 Å². The van der Waals surface area contributed by atoms with Crippen molar-refractivity contribution < 1.29 is 4.79 Å². The summed E-state index contributed by atoms with van der Waals surface area (Å²) in [6, 6.07) is 8.24. The Balaban J connectivity index is 1.87. The lowest BCUT2D eigenvalue weighted by atomic mass is 10.1. The molecule has 3 nitrogen and oxygen atoms in total. The van der Waals surface area contributed by atoms with Crippen molar-refractivity contribution in [2.75, 3.05) is 13.6 Å². The minimum Gasteiger partial charge on any atom is -0.361 e. The molecular weight excluding hydrogens is 248 g/mol. The van der Waals surface area contributed by atoms with Gasteiger partial charge in [-0.1, -0.05) is 38.0 Å². The number of carbonyl (C=O) groups excluding carboxylic acids is 1. The molecule has 0 saturated carbocycles. The van der Waals surface area contributed by atoms with Gasteiger partial charge in [0.1, 0.15) is 0 Å². The molecule has 0 spiro atoms. The number of H-pyrrole nitrogens is 1. The van der Waals surface area contributed by atoms with E-state index in [1.807, 2.05) is 30.3 Å². The number of hydrogen-bond acceptors (Lipinski definition) is 1. The number of rotatable bonds is 7. The van der Waals surface area contributed by atoms with Gasteiger partial charge in [-0.25, -0.2) is 0 Å². The Bertz CT molecular complexity index is 559. The van der Waals surface area contributed by atoms with E-state index in [0.29, 0.717) is 6.42 Å². The maximum atomic E-state index is 12.1. The van der Waals surface area contributed by atoms with Crippen LogP contribution in [0.2, 0.25) is 0 Å². The van der Waals surface area contributed by atoms with Crippen LogP contribution in [0.15, 0.2) is 30.5 Å². The summed E-state index contributed by atoms with van der Waals surface area (Å²) < 4.78 is 0. The first-order chi connectivity index (χ1) is 9.72. The largest absolute Gasteiger partial charge is 0.361 e. The maximum absolute atomic E-state index is 12.1. The lowest BCUT2D eigenvalue weighted by Crippen LogP contribution is -2.27. The highest BCUT2D eigenvalue weighted by Gasteiger charge is 2.10. The third-order valence-electron chi connectivity index (χ3n) is 3.81. The minimum absolute atomic E-state index is 0.242. The van der Waals surface area contributed by atoms with Crippen LogP contribution in [0.1, 0.15) is 38.2 Å². The van der Waals surface area contributed by atoms with Crippen LogP contribution in [-0.2, 0) is 11.2 Å². The van der Waals surface area contributed by atoms with Gasteiger partial charge in [-0.05, 0) is 24.5 Å². The molecule has 1 N–H and O–H groups in total. The average molecular weight is 272 g/mol. The zero-order valence-corrected chi connectivity index (χ0v) is 12.5. The van der Waals surface area contributed by atoms with Crippen LogP contribution < -0.4 is 0 Å². The lowest BCUT2D eigenvalue weighted by molar-refractivity contribution is -0.129. The van der Waals surface area contributed by atoms with E-state index >= 15 is 0 Å². The molecule has 0 atom stereocenters. The van der Waals surface area contributed by atoms with Crippen molar-refractivity contribution in [2.45, 2.75) is 39.0 Å². The van der Waals surface area contributed by atoms with E-state index in [4.69, 9.17) is 0 Å². The molecule has 20 heavy (non-hydrogen) atoms. The fourth-order valence-corrected chi connectivity index (χ4v) is 2.49. The van der Waals surface area contributed by atoms with Crippen molar-refractivity contribution in [3.8, 4) is 0 Å². The second-order valence-electron chi connectivity index (χ2n) is 5.38. The molecule has 1 heterocycles. The molecular formula is C17H24N2O. The Morgan fingerprint density at radius 1 is 1.25 bits per heavy atom. The highest BCUT2D eigenvalue weighted by atomic mass is 16.2. The van der Waals surface area contributed by atoms with Crippen LogP contribution in [0.3, 0.4) is 0 Å². The van der Waals surface area contributed by atoms with Gasteiger partial charge in [0.15, 0.2) is 0 Å². The highest BCUT2D eigenvalue weighted by molar-refractivity contribution is 5.84. The van der Waals surface area contributed by atoms with Crippen LogP contribution in [0.25, 0.3) is 10.9 Å². The van der Waals surface area contributed by atoms with E-state index < -0.39 is 0 Å². The van der Waals surface area contributed by atoms with E-state index in [1.165, 1.54) is 23.8 Å². The summed E-state index contributed by atoms with van der Waals surface area (Å²) in [6.07, 6.45) is 6.91. The number of aromatic nitrogens is 1. The van der Waals surface area contributed by atoms with Gasteiger partial charge in [0, 0.05) is 37.1 Å². The molecule has 2 rings (SSSR count). The molecule has 0 bridgehead atoms. The molecule has 1 amide bonds. The van der Waals surface area contributed by atoms with Crippen LogP contribution >= 0.6 is 0 Å². The average Bonchev–Trinajstić information content (AvgIpc) is 2.88. The third kappa shape index (κ3) is 3.62. The van der Waals surface area contributed by atoms with Crippen LogP contribution in [0.4, 0.5) is 0 Å². The van der Waals surface area contributed by atoms with Gasteiger partial charge in [-0.15, -0.1) is 0 Å². The van der Waals surface area contributed by atoms with E-state index in [-0.39, 0.29) is 5.91 Å². The molecule has 0 saturated heterocycles. The quantitative estimate of drug-likeness (QED) is 0.766. The zero-order chi connectivity index (χ0) is 14.4. The summed E-state index contributed by atoms with van der Waals surface area (Å²) in [6.45, 7) is 3.05. The van der Waals surface area contributed by atoms with E-state index in [0.717, 1.165) is 24.9 Å². The Kier molecular flexibility index (Phi) is 5.22. The van der Waals surface area contributed by atoms with E-state index in [9.17, 15) is 4.79 Å². The first-order valence-electron chi connectivity index (χ1n) is 7.51. The van der Waals surface area contributed by atoms with Gasteiger partial charge >= 0.3 is 0 Å². The fraction of sp³-hybridized carbons (Fsp3) is 0.471. The number of amides is 1. The summed E-state index contributed by atoms with van der Waals surface area (Å²) >= 11 is 0. The summed E-state index contributed by atoms with van der Waals surface area (Å²) in [5, 5.41) is 1.23. The number of nitrogens with one attached hydrogen (secondary N) is 1. The predicted octanol–water partition coefficient (Wildman–Crippen LogP) is 3.75. The second kappa shape index (κ2) is 7.13. The Labute approximate surface area is 121 Å². The van der Waals surface area contributed by atoms with E-state index in [2.05, 4.69) is 24.0 Å².